The topological polar surface area (TPSA) is 106 Å². The molecule has 12 heteroatoms. The molecule has 0 spiro atoms. The van der Waals surface area contributed by atoms with E-state index in [2.05, 4.69) is 34.3 Å². The summed E-state index contributed by atoms with van der Waals surface area (Å²) in [4.78, 5) is 24.2. The number of carbonyl (C=O) groups excluding carboxylic acids is 1. The van der Waals surface area contributed by atoms with Crippen LogP contribution < -0.4 is 4.74 Å². The maximum absolute atomic E-state index is 15.6. The first-order valence-corrected chi connectivity index (χ1v) is 16.1. The number of pyridine rings is 1. The Bertz CT molecular complexity index is 1880. The lowest BCUT2D eigenvalue weighted by Crippen LogP contribution is -2.35. The standard InChI is InChI=1S/C35H39FN6O5/c1-44-17-15-42-30-18-23(6-7-25(30)19-37-42)22-47-32-5-3-4-28(39-32)24-10-13-40(14-11-24)21-31-38-29-9-8-27(35(43)45-2)33(36)34(29)41(31)20-26-12-16-46-26/h3-9,18-19,24,26H,10-17,20-22H2,1-2H3. The van der Waals surface area contributed by atoms with E-state index in [0.29, 0.717) is 62.3 Å². The molecule has 246 valence electrons. The number of aromatic nitrogens is 5. The van der Waals surface area contributed by atoms with Gasteiger partial charge in [0, 0.05) is 36.8 Å². The smallest absolute Gasteiger partial charge is 0.340 e. The van der Waals surface area contributed by atoms with Gasteiger partial charge in [-0.15, -0.1) is 0 Å². The van der Waals surface area contributed by atoms with Crippen molar-refractivity contribution in [2.24, 2.45) is 0 Å². The van der Waals surface area contributed by atoms with Crippen molar-refractivity contribution in [2.45, 2.75) is 57.5 Å². The van der Waals surface area contributed by atoms with Crippen molar-refractivity contribution in [3.63, 3.8) is 0 Å². The average molecular weight is 643 g/mol. The molecular weight excluding hydrogens is 603 g/mol. The zero-order valence-corrected chi connectivity index (χ0v) is 26.7. The van der Waals surface area contributed by atoms with Crippen LogP contribution in [0.25, 0.3) is 21.9 Å². The van der Waals surface area contributed by atoms with Gasteiger partial charge in [0.2, 0.25) is 5.88 Å². The third kappa shape index (κ3) is 6.58. The minimum Gasteiger partial charge on any atom is -0.473 e. The van der Waals surface area contributed by atoms with Crippen LogP contribution in [-0.2, 0) is 40.5 Å². The lowest BCUT2D eigenvalue weighted by atomic mass is 9.93. The second-order valence-corrected chi connectivity index (χ2v) is 12.2. The molecule has 0 aliphatic carbocycles. The Balaban J connectivity index is 1.00. The van der Waals surface area contributed by atoms with Gasteiger partial charge in [-0.1, -0.05) is 18.2 Å². The van der Waals surface area contributed by atoms with E-state index in [1.807, 2.05) is 27.6 Å². The summed E-state index contributed by atoms with van der Waals surface area (Å²) in [6, 6.07) is 15.4. The minimum atomic E-state index is -0.702. The summed E-state index contributed by atoms with van der Waals surface area (Å²) >= 11 is 0. The average Bonchev–Trinajstić information content (AvgIpc) is 3.65. The van der Waals surface area contributed by atoms with Crippen LogP contribution in [0.3, 0.4) is 0 Å². The quantitative estimate of drug-likeness (QED) is 0.172. The molecule has 0 amide bonds. The molecule has 2 saturated heterocycles. The van der Waals surface area contributed by atoms with Crippen LogP contribution in [0.5, 0.6) is 5.88 Å². The van der Waals surface area contributed by atoms with Crippen molar-refractivity contribution in [3.8, 4) is 5.88 Å². The summed E-state index contributed by atoms with van der Waals surface area (Å²) in [6.07, 6.45) is 4.66. The third-order valence-electron chi connectivity index (χ3n) is 9.23. The summed E-state index contributed by atoms with van der Waals surface area (Å²) in [6.45, 7) is 5.18. The number of imidazole rings is 1. The highest BCUT2D eigenvalue weighted by atomic mass is 19.1. The molecule has 2 aliphatic heterocycles. The minimum absolute atomic E-state index is 0.00550. The van der Waals surface area contributed by atoms with Crippen LogP contribution in [0.1, 0.15) is 52.6 Å². The fourth-order valence-electron chi connectivity index (χ4n) is 6.49. The number of benzene rings is 2. The molecule has 2 fully saturated rings. The van der Waals surface area contributed by atoms with Gasteiger partial charge in [0.1, 0.15) is 17.9 Å². The highest BCUT2D eigenvalue weighted by molar-refractivity contribution is 5.94. The Kier molecular flexibility index (Phi) is 9.14. The van der Waals surface area contributed by atoms with E-state index in [0.717, 1.165) is 60.3 Å². The summed E-state index contributed by atoms with van der Waals surface area (Å²) < 4.78 is 41.3. The Morgan fingerprint density at radius 2 is 1.91 bits per heavy atom. The maximum Gasteiger partial charge on any atom is 0.340 e. The molecule has 2 aliphatic rings. The second-order valence-electron chi connectivity index (χ2n) is 12.2. The van der Waals surface area contributed by atoms with Crippen molar-refractivity contribution in [1.29, 1.82) is 0 Å². The summed E-state index contributed by atoms with van der Waals surface area (Å²) in [5.41, 5.74) is 3.89. The predicted octanol–water partition coefficient (Wildman–Crippen LogP) is 5.10. The van der Waals surface area contributed by atoms with E-state index in [-0.39, 0.29) is 11.7 Å². The van der Waals surface area contributed by atoms with E-state index in [1.165, 1.54) is 13.2 Å². The van der Waals surface area contributed by atoms with Gasteiger partial charge in [-0.2, -0.15) is 5.10 Å². The molecule has 0 N–H and O–H groups in total. The number of likely N-dealkylation sites (tertiary alicyclic amines) is 1. The van der Waals surface area contributed by atoms with Gasteiger partial charge in [-0.25, -0.2) is 19.2 Å². The number of fused-ring (bicyclic) bond motifs is 2. The van der Waals surface area contributed by atoms with Gasteiger partial charge in [-0.3, -0.25) is 9.58 Å². The second kappa shape index (κ2) is 13.8. The van der Waals surface area contributed by atoms with Gasteiger partial charge in [0.25, 0.3) is 0 Å². The van der Waals surface area contributed by atoms with Crippen LogP contribution in [0, 0.1) is 5.82 Å². The number of carbonyl (C=O) groups is 1. The Labute approximate surface area is 272 Å². The number of methoxy groups -OCH3 is 2. The first-order valence-electron chi connectivity index (χ1n) is 16.1. The Morgan fingerprint density at radius 1 is 1.06 bits per heavy atom. The fraction of sp³-hybridized carbons (Fsp3) is 0.429. The fourth-order valence-corrected chi connectivity index (χ4v) is 6.49. The van der Waals surface area contributed by atoms with Crippen LogP contribution in [0.15, 0.2) is 54.7 Å². The van der Waals surface area contributed by atoms with Crippen LogP contribution >= 0.6 is 0 Å². The molecule has 3 aromatic heterocycles. The van der Waals surface area contributed by atoms with Crippen molar-refractivity contribution < 1.29 is 28.1 Å². The monoisotopic (exact) mass is 642 g/mol. The van der Waals surface area contributed by atoms with Gasteiger partial charge in [-0.05, 0) is 62.2 Å². The zero-order valence-electron chi connectivity index (χ0n) is 26.7. The van der Waals surface area contributed by atoms with Crippen molar-refractivity contribution >= 4 is 27.9 Å². The number of nitrogens with zero attached hydrogens (tertiary/aromatic N) is 6. The Morgan fingerprint density at radius 3 is 2.68 bits per heavy atom. The van der Waals surface area contributed by atoms with Crippen LogP contribution in [0.2, 0.25) is 0 Å². The molecule has 0 bridgehead atoms. The molecule has 1 unspecified atom stereocenters. The Hall–Kier alpha value is -4.39. The van der Waals surface area contributed by atoms with Gasteiger partial charge in [0.15, 0.2) is 5.82 Å². The van der Waals surface area contributed by atoms with Crippen LogP contribution in [0.4, 0.5) is 4.39 Å². The molecule has 11 nitrogen and oxygen atoms in total. The summed E-state index contributed by atoms with van der Waals surface area (Å²) in [5.74, 6) is 0.380. The van der Waals surface area contributed by atoms with Gasteiger partial charge in [0.05, 0.1) is 62.2 Å². The number of halogens is 1. The molecular formula is C35H39FN6O5. The predicted molar refractivity (Wildman–Crippen MR) is 173 cm³/mol. The lowest BCUT2D eigenvalue weighted by Gasteiger charge is -2.32. The number of hydrogen-bond donors (Lipinski definition) is 0. The van der Waals surface area contributed by atoms with E-state index >= 15 is 4.39 Å². The van der Waals surface area contributed by atoms with Gasteiger partial charge >= 0.3 is 5.97 Å². The van der Waals surface area contributed by atoms with Crippen LogP contribution in [-0.4, -0.2) is 81.8 Å². The largest absolute Gasteiger partial charge is 0.473 e. The molecule has 5 heterocycles. The van der Waals surface area contributed by atoms with E-state index < -0.39 is 11.8 Å². The first kappa shape index (κ1) is 31.2. The number of hydrogen-bond acceptors (Lipinski definition) is 9. The number of piperidine rings is 1. The third-order valence-corrected chi connectivity index (χ3v) is 9.23. The SMILES string of the molecule is COCCn1ncc2ccc(COc3cccc(C4CCN(Cc5nc6ccc(C(=O)OC)c(F)c6n5CC5CCO5)CC4)n3)cc21. The first-order chi connectivity index (χ1) is 23.0. The number of rotatable bonds is 12. The highest BCUT2D eigenvalue weighted by Crippen LogP contribution is 2.31. The van der Waals surface area contributed by atoms with E-state index in [9.17, 15) is 4.79 Å². The highest BCUT2D eigenvalue weighted by Gasteiger charge is 2.28. The molecule has 0 saturated carbocycles. The number of esters is 1. The lowest BCUT2D eigenvalue weighted by molar-refractivity contribution is -0.0592. The summed E-state index contributed by atoms with van der Waals surface area (Å²) in [5, 5.41) is 5.55. The maximum atomic E-state index is 15.6. The zero-order chi connectivity index (χ0) is 32.3. The summed E-state index contributed by atoms with van der Waals surface area (Å²) in [7, 11) is 2.94. The number of ether oxygens (including phenoxy) is 4. The van der Waals surface area contributed by atoms with E-state index in [1.54, 1.807) is 13.2 Å². The molecule has 47 heavy (non-hydrogen) atoms. The molecule has 7 rings (SSSR count). The molecule has 5 aromatic rings. The van der Waals surface area contributed by atoms with E-state index in [4.69, 9.17) is 28.9 Å². The van der Waals surface area contributed by atoms with Gasteiger partial charge < -0.3 is 23.5 Å². The molecule has 1 atom stereocenters. The molecule has 2 aromatic carbocycles. The van der Waals surface area contributed by atoms with Crippen molar-refractivity contribution in [3.05, 3.63) is 83.2 Å². The normalized spacial score (nSPS) is 17.3. The van der Waals surface area contributed by atoms with Crippen molar-refractivity contribution in [2.75, 3.05) is 40.5 Å². The molecule has 0 radical (unpaired) electrons. The van der Waals surface area contributed by atoms with Crippen molar-refractivity contribution in [1.82, 2.24) is 29.2 Å².